The van der Waals surface area contributed by atoms with Gasteiger partial charge in [-0.05, 0) is 17.9 Å². The Hall–Kier alpha value is -1.65. The largest absolute Gasteiger partial charge is 0.374 e. The van der Waals surface area contributed by atoms with Crippen molar-refractivity contribution in [3.05, 3.63) is 34.1 Å². The highest BCUT2D eigenvalue weighted by atomic mass is 19.1. The molecule has 0 aliphatic rings. The number of nitro benzene ring substituents is 1. The summed E-state index contributed by atoms with van der Waals surface area (Å²) in [6.45, 7) is 8.02. The van der Waals surface area contributed by atoms with Crippen LogP contribution in [0.1, 0.15) is 27.7 Å². The van der Waals surface area contributed by atoms with Gasteiger partial charge in [0.05, 0.1) is 4.92 Å². The van der Waals surface area contributed by atoms with E-state index < -0.39 is 10.7 Å². The first-order valence-corrected chi connectivity index (χ1v) is 6.04. The molecule has 0 fully saturated rings. The van der Waals surface area contributed by atoms with Crippen LogP contribution in [0.5, 0.6) is 0 Å². The standard InChI is InChI=1S/C13H19FN2O2/c1-8(2)12(9(3)4)15-13-10(14)6-5-7-11(13)16(17)18/h5-9,12,15H,1-4H3. The van der Waals surface area contributed by atoms with Gasteiger partial charge in [-0.3, -0.25) is 10.1 Å². The second-order valence-electron chi connectivity index (χ2n) is 5.05. The molecule has 0 aliphatic heterocycles. The average molecular weight is 254 g/mol. The van der Waals surface area contributed by atoms with Crippen LogP contribution in [-0.4, -0.2) is 11.0 Å². The summed E-state index contributed by atoms with van der Waals surface area (Å²) in [6, 6.07) is 3.87. The number of nitrogens with zero attached hydrogens (tertiary/aromatic N) is 1. The second-order valence-corrected chi connectivity index (χ2v) is 5.05. The number of halogens is 1. The maximum Gasteiger partial charge on any atom is 0.295 e. The molecule has 1 aromatic rings. The molecule has 0 aromatic heterocycles. The van der Waals surface area contributed by atoms with Crippen molar-refractivity contribution in [3.8, 4) is 0 Å². The fourth-order valence-electron chi connectivity index (χ4n) is 2.08. The first-order chi connectivity index (χ1) is 8.34. The van der Waals surface area contributed by atoms with Gasteiger partial charge in [-0.25, -0.2) is 4.39 Å². The maximum atomic E-state index is 13.7. The van der Waals surface area contributed by atoms with Crippen LogP contribution in [0.25, 0.3) is 0 Å². The third-order valence-corrected chi connectivity index (χ3v) is 2.94. The molecule has 100 valence electrons. The van der Waals surface area contributed by atoms with Crippen LogP contribution in [0.4, 0.5) is 15.8 Å². The Kier molecular flexibility index (Phi) is 4.64. The van der Waals surface area contributed by atoms with E-state index in [0.29, 0.717) is 0 Å². The zero-order valence-electron chi connectivity index (χ0n) is 11.1. The Morgan fingerprint density at radius 3 is 2.22 bits per heavy atom. The van der Waals surface area contributed by atoms with Gasteiger partial charge in [0.15, 0.2) is 5.82 Å². The molecule has 5 heteroatoms. The summed E-state index contributed by atoms with van der Waals surface area (Å²) in [5.74, 6) is -0.0797. The van der Waals surface area contributed by atoms with Crippen molar-refractivity contribution in [2.24, 2.45) is 11.8 Å². The van der Waals surface area contributed by atoms with E-state index >= 15 is 0 Å². The molecule has 0 aliphatic carbocycles. The molecule has 0 heterocycles. The molecule has 4 nitrogen and oxygen atoms in total. The molecule has 0 saturated heterocycles. The SMILES string of the molecule is CC(C)C(Nc1c(F)cccc1[N+](=O)[O-])C(C)C. The van der Waals surface area contributed by atoms with Gasteiger partial charge in [0, 0.05) is 12.1 Å². The zero-order chi connectivity index (χ0) is 13.9. The van der Waals surface area contributed by atoms with Crippen LogP contribution < -0.4 is 5.32 Å². The number of anilines is 1. The van der Waals surface area contributed by atoms with Crippen LogP contribution in [-0.2, 0) is 0 Å². The third-order valence-electron chi connectivity index (χ3n) is 2.94. The van der Waals surface area contributed by atoms with Crippen molar-refractivity contribution in [1.82, 2.24) is 0 Å². The molecule has 1 aromatic carbocycles. The van der Waals surface area contributed by atoms with Crippen molar-refractivity contribution in [3.63, 3.8) is 0 Å². The highest BCUT2D eigenvalue weighted by molar-refractivity contribution is 5.62. The van der Waals surface area contributed by atoms with E-state index in [1.54, 1.807) is 0 Å². The van der Waals surface area contributed by atoms with Crippen molar-refractivity contribution >= 4 is 11.4 Å². The lowest BCUT2D eigenvalue weighted by molar-refractivity contribution is -0.384. The lowest BCUT2D eigenvalue weighted by Gasteiger charge is -2.27. The smallest absolute Gasteiger partial charge is 0.295 e. The van der Waals surface area contributed by atoms with Crippen LogP contribution in [0.15, 0.2) is 18.2 Å². The van der Waals surface area contributed by atoms with E-state index in [2.05, 4.69) is 5.32 Å². The van der Waals surface area contributed by atoms with Crippen LogP contribution in [0.2, 0.25) is 0 Å². The molecular formula is C13H19FN2O2. The van der Waals surface area contributed by atoms with Crippen LogP contribution >= 0.6 is 0 Å². The summed E-state index contributed by atoms with van der Waals surface area (Å²) in [7, 11) is 0. The number of nitrogens with one attached hydrogen (secondary N) is 1. The quantitative estimate of drug-likeness (QED) is 0.641. The fourth-order valence-corrected chi connectivity index (χ4v) is 2.08. The number of benzene rings is 1. The summed E-state index contributed by atoms with van der Waals surface area (Å²) >= 11 is 0. The van der Waals surface area contributed by atoms with Gasteiger partial charge in [-0.1, -0.05) is 33.8 Å². The van der Waals surface area contributed by atoms with Crippen molar-refractivity contribution < 1.29 is 9.31 Å². The van der Waals surface area contributed by atoms with Gasteiger partial charge in [-0.2, -0.15) is 0 Å². The lowest BCUT2D eigenvalue weighted by Crippen LogP contribution is -2.31. The van der Waals surface area contributed by atoms with Crippen LogP contribution in [0.3, 0.4) is 0 Å². The average Bonchev–Trinajstić information content (AvgIpc) is 2.25. The molecule has 1 rings (SSSR count). The summed E-state index contributed by atoms with van der Waals surface area (Å²) in [6.07, 6.45) is 0. The molecule has 18 heavy (non-hydrogen) atoms. The molecule has 0 saturated carbocycles. The van der Waals surface area contributed by atoms with Gasteiger partial charge in [0.1, 0.15) is 5.69 Å². The van der Waals surface area contributed by atoms with E-state index in [1.165, 1.54) is 18.2 Å². The Morgan fingerprint density at radius 1 is 1.22 bits per heavy atom. The van der Waals surface area contributed by atoms with Crippen molar-refractivity contribution in [2.45, 2.75) is 33.7 Å². The highest BCUT2D eigenvalue weighted by Gasteiger charge is 2.24. The van der Waals surface area contributed by atoms with E-state index in [9.17, 15) is 14.5 Å². The Balaban J connectivity index is 3.12. The molecule has 1 N–H and O–H groups in total. The van der Waals surface area contributed by atoms with E-state index in [-0.39, 0.29) is 29.3 Å². The maximum absolute atomic E-state index is 13.7. The summed E-state index contributed by atoms with van der Waals surface area (Å²) in [4.78, 5) is 10.3. The minimum atomic E-state index is -0.587. The van der Waals surface area contributed by atoms with Gasteiger partial charge in [-0.15, -0.1) is 0 Å². The summed E-state index contributed by atoms with van der Waals surface area (Å²) in [5.41, 5.74) is -0.240. The summed E-state index contributed by atoms with van der Waals surface area (Å²) < 4.78 is 13.7. The molecule has 0 amide bonds. The first-order valence-electron chi connectivity index (χ1n) is 6.04. The zero-order valence-corrected chi connectivity index (χ0v) is 11.1. The van der Waals surface area contributed by atoms with Crippen molar-refractivity contribution in [1.29, 1.82) is 0 Å². The Bertz CT molecular complexity index is 425. The van der Waals surface area contributed by atoms with Crippen molar-refractivity contribution in [2.75, 3.05) is 5.32 Å². The van der Waals surface area contributed by atoms with Gasteiger partial charge >= 0.3 is 0 Å². The molecule has 0 atom stereocenters. The Labute approximate surface area is 106 Å². The Morgan fingerprint density at radius 2 is 1.78 bits per heavy atom. The number of hydrogen-bond donors (Lipinski definition) is 1. The summed E-state index contributed by atoms with van der Waals surface area (Å²) in [5, 5.41) is 13.9. The van der Waals surface area contributed by atoms with Gasteiger partial charge in [0.25, 0.3) is 5.69 Å². The number of nitro groups is 1. The van der Waals surface area contributed by atoms with E-state index in [4.69, 9.17) is 0 Å². The molecule has 0 bridgehead atoms. The second kappa shape index (κ2) is 5.80. The van der Waals surface area contributed by atoms with E-state index in [0.717, 1.165) is 0 Å². The lowest BCUT2D eigenvalue weighted by atomic mass is 9.93. The molecule has 0 spiro atoms. The first kappa shape index (κ1) is 14.4. The predicted molar refractivity (Wildman–Crippen MR) is 70.1 cm³/mol. The number of hydrogen-bond acceptors (Lipinski definition) is 3. The van der Waals surface area contributed by atoms with Gasteiger partial charge in [0.2, 0.25) is 0 Å². The predicted octanol–water partition coefficient (Wildman–Crippen LogP) is 3.83. The molecular weight excluding hydrogens is 235 g/mol. The monoisotopic (exact) mass is 254 g/mol. The van der Waals surface area contributed by atoms with Crippen LogP contribution in [0, 0.1) is 27.8 Å². The number of rotatable bonds is 5. The fraction of sp³-hybridized carbons (Fsp3) is 0.538. The topological polar surface area (TPSA) is 55.2 Å². The third kappa shape index (κ3) is 3.18. The minimum Gasteiger partial charge on any atom is -0.374 e. The minimum absolute atomic E-state index is 0.0133. The normalized spacial score (nSPS) is 11.3. The highest BCUT2D eigenvalue weighted by Crippen LogP contribution is 2.30. The molecule has 0 radical (unpaired) electrons. The van der Waals surface area contributed by atoms with Gasteiger partial charge < -0.3 is 5.32 Å². The number of para-hydroxylation sites is 1. The molecule has 0 unspecified atom stereocenters. The van der Waals surface area contributed by atoms with E-state index in [1.807, 2.05) is 27.7 Å².